The Morgan fingerprint density at radius 1 is 0.829 bits per heavy atom. The van der Waals surface area contributed by atoms with Crippen LogP contribution in [-0.2, 0) is 9.59 Å². The van der Waals surface area contributed by atoms with Gasteiger partial charge in [-0.1, -0.05) is 17.7 Å². The lowest BCUT2D eigenvalue weighted by molar-refractivity contribution is -0.136. The third kappa shape index (κ3) is 6.81. The molecule has 0 radical (unpaired) electrons. The normalized spacial score (nSPS) is 10.8. The lowest BCUT2D eigenvalue weighted by Gasteiger charge is -2.11. The number of benzene rings is 3. The molecule has 0 unspecified atom stereocenters. The maximum atomic E-state index is 12.3. The number of methoxy groups -OCH3 is 2. The maximum absolute atomic E-state index is 12.3. The van der Waals surface area contributed by atoms with Gasteiger partial charge in [0, 0.05) is 11.1 Å². The number of hydrogen-bond acceptors (Lipinski definition) is 7. The molecule has 180 valence electrons. The van der Waals surface area contributed by atoms with Crippen molar-refractivity contribution in [3.63, 3.8) is 0 Å². The van der Waals surface area contributed by atoms with Crippen molar-refractivity contribution in [3.8, 4) is 17.2 Å². The molecule has 2 N–H and O–H groups in total. The smallest absolute Gasteiger partial charge is 0.343 e. The summed E-state index contributed by atoms with van der Waals surface area (Å²) in [6.07, 6.45) is 0. The quantitative estimate of drug-likeness (QED) is 0.168. The van der Waals surface area contributed by atoms with Crippen LogP contribution < -0.4 is 25.0 Å². The van der Waals surface area contributed by atoms with E-state index in [0.717, 1.165) is 0 Å². The lowest BCUT2D eigenvalue weighted by Crippen LogP contribution is -2.33. The number of anilines is 1. The van der Waals surface area contributed by atoms with Crippen molar-refractivity contribution in [2.24, 2.45) is 5.10 Å². The van der Waals surface area contributed by atoms with Crippen LogP contribution in [0.1, 0.15) is 22.8 Å². The maximum Gasteiger partial charge on any atom is 0.343 e. The molecule has 2 amide bonds. The van der Waals surface area contributed by atoms with E-state index in [1.807, 2.05) is 0 Å². The molecule has 0 aliphatic heterocycles. The van der Waals surface area contributed by atoms with Crippen molar-refractivity contribution >= 4 is 40.8 Å². The van der Waals surface area contributed by atoms with Crippen LogP contribution in [0.25, 0.3) is 0 Å². The number of nitrogens with one attached hydrogen (secondary N) is 2. The molecular weight excluding hydrogens is 474 g/mol. The summed E-state index contributed by atoms with van der Waals surface area (Å²) in [6, 6.07) is 17.7. The summed E-state index contributed by atoms with van der Waals surface area (Å²) < 4.78 is 15.6. The van der Waals surface area contributed by atoms with Gasteiger partial charge in [0.25, 0.3) is 0 Å². The Bertz CT molecular complexity index is 1270. The highest BCUT2D eigenvalue weighted by Crippen LogP contribution is 2.28. The van der Waals surface area contributed by atoms with E-state index in [9.17, 15) is 14.4 Å². The minimum atomic E-state index is -0.971. The number of nitrogens with zero attached hydrogens (tertiary/aromatic N) is 1. The van der Waals surface area contributed by atoms with E-state index in [2.05, 4.69) is 15.8 Å². The molecule has 3 aromatic rings. The third-order valence-corrected chi connectivity index (χ3v) is 4.96. The van der Waals surface area contributed by atoms with Crippen LogP contribution in [0.3, 0.4) is 0 Å². The summed E-state index contributed by atoms with van der Waals surface area (Å²) in [7, 11) is 2.92. The van der Waals surface area contributed by atoms with Crippen LogP contribution in [0.15, 0.2) is 71.8 Å². The van der Waals surface area contributed by atoms with Gasteiger partial charge in [-0.15, -0.1) is 0 Å². The second-order valence-corrected chi connectivity index (χ2v) is 7.52. The molecule has 0 fully saturated rings. The predicted octanol–water partition coefficient (Wildman–Crippen LogP) is 4.06. The molecule has 0 bridgehead atoms. The molecule has 9 nitrogen and oxygen atoms in total. The van der Waals surface area contributed by atoms with Crippen LogP contribution in [0.5, 0.6) is 17.2 Å². The standard InChI is InChI=1S/C25H22ClN3O6/c1-15(16-7-9-19(10-8-16)35-25(32)17-5-4-6-18(26)13-17)28-29-24(31)23(30)27-21-14-20(33-2)11-12-22(21)34-3/h4-14H,1-3H3,(H,27,30)(H,29,31). The van der Waals surface area contributed by atoms with Crippen molar-refractivity contribution in [1.29, 1.82) is 0 Å². The van der Waals surface area contributed by atoms with Crippen molar-refractivity contribution in [2.45, 2.75) is 6.92 Å². The number of hydrazone groups is 1. The van der Waals surface area contributed by atoms with Gasteiger partial charge >= 0.3 is 17.8 Å². The molecule has 0 heterocycles. The SMILES string of the molecule is COc1ccc(OC)c(NC(=O)C(=O)NN=C(C)c2ccc(OC(=O)c3cccc(Cl)c3)cc2)c1. The van der Waals surface area contributed by atoms with E-state index in [1.165, 1.54) is 26.4 Å². The minimum absolute atomic E-state index is 0.274. The Labute approximate surface area is 206 Å². The predicted molar refractivity (Wildman–Crippen MR) is 131 cm³/mol. The largest absolute Gasteiger partial charge is 0.497 e. The second-order valence-electron chi connectivity index (χ2n) is 7.08. The van der Waals surface area contributed by atoms with Crippen LogP contribution in [0.4, 0.5) is 5.69 Å². The minimum Gasteiger partial charge on any atom is -0.497 e. The van der Waals surface area contributed by atoms with Crippen molar-refractivity contribution in [1.82, 2.24) is 5.43 Å². The molecule has 0 aromatic heterocycles. The fraction of sp³-hybridized carbons (Fsp3) is 0.120. The van der Waals surface area contributed by atoms with Gasteiger partial charge in [0.2, 0.25) is 0 Å². The number of rotatable bonds is 7. The topological polar surface area (TPSA) is 115 Å². The molecule has 0 aliphatic carbocycles. The molecule has 10 heteroatoms. The summed E-state index contributed by atoms with van der Waals surface area (Å²) >= 11 is 5.90. The first-order chi connectivity index (χ1) is 16.8. The van der Waals surface area contributed by atoms with E-state index in [1.54, 1.807) is 61.5 Å². The van der Waals surface area contributed by atoms with Gasteiger partial charge in [-0.25, -0.2) is 10.2 Å². The fourth-order valence-electron chi connectivity index (χ4n) is 2.89. The van der Waals surface area contributed by atoms with Crippen molar-refractivity contribution in [2.75, 3.05) is 19.5 Å². The Morgan fingerprint density at radius 3 is 2.20 bits per heavy atom. The van der Waals surface area contributed by atoms with Crippen LogP contribution in [0, 0.1) is 0 Å². The molecule has 3 rings (SSSR count). The summed E-state index contributed by atoms with van der Waals surface area (Å²) in [5.74, 6) is -1.28. The highest BCUT2D eigenvalue weighted by molar-refractivity contribution is 6.39. The Balaban J connectivity index is 1.60. The van der Waals surface area contributed by atoms with E-state index in [0.29, 0.717) is 39.1 Å². The summed E-state index contributed by atoms with van der Waals surface area (Å²) in [5, 5.41) is 6.85. The first kappa shape index (κ1) is 25.3. The molecular formula is C25H22ClN3O6. The number of halogens is 1. The number of ether oxygens (including phenoxy) is 3. The van der Waals surface area contributed by atoms with E-state index in [-0.39, 0.29) is 5.69 Å². The highest BCUT2D eigenvalue weighted by atomic mass is 35.5. The first-order valence-corrected chi connectivity index (χ1v) is 10.6. The number of amides is 2. The summed E-state index contributed by atoms with van der Waals surface area (Å²) in [4.78, 5) is 36.7. The fourth-order valence-corrected chi connectivity index (χ4v) is 3.08. The van der Waals surface area contributed by atoms with Gasteiger partial charge < -0.3 is 19.5 Å². The molecule has 0 saturated carbocycles. The summed E-state index contributed by atoms with van der Waals surface area (Å²) in [5.41, 5.74) is 3.88. The zero-order valence-electron chi connectivity index (χ0n) is 19.1. The van der Waals surface area contributed by atoms with Crippen LogP contribution in [-0.4, -0.2) is 37.7 Å². The molecule has 0 aliphatic rings. The van der Waals surface area contributed by atoms with Gasteiger partial charge in [-0.2, -0.15) is 5.10 Å². The Kier molecular flexibility index (Phi) is 8.42. The molecule has 0 atom stereocenters. The van der Waals surface area contributed by atoms with Crippen molar-refractivity contribution in [3.05, 3.63) is 82.9 Å². The number of esters is 1. The van der Waals surface area contributed by atoms with Crippen molar-refractivity contribution < 1.29 is 28.6 Å². The van der Waals surface area contributed by atoms with Crippen LogP contribution in [0.2, 0.25) is 5.02 Å². The molecule has 0 saturated heterocycles. The van der Waals surface area contributed by atoms with Gasteiger partial charge in [0.15, 0.2) is 0 Å². The van der Waals surface area contributed by atoms with Gasteiger partial charge in [-0.3, -0.25) is 9.59 Å². The molecule has 0 spiro atoms. The number of carbonyl (C=O) groups is 3. The second kappa shape index (κ2) is 11.7. The van der Waals surface area contributed by atoms with Crippen LogP contribution >= 0.6 is 11.6 Å². The third-order valence-electron chi connectivity index (χ3n) is 4.73. The zero-order chi connectivity index (χ0) is 25.4. The van der Waals surface area contributed by atoms with Gasteiger partial charge in [0.1, 0.15) is 17.2 Å². The number of carbonyl (C=O) groups excluding carboxylic acids is 3. The van der Waals surface area contributed by atoms with E-state index >= 15 is 0 Å². The monoisotopic (exact) mass is 495 g/mol. The Hall–Kier alpha value is -4.37. The first-order valence-electron chi connectivity index (χ1n) is 10.3. The zero-order valence-corrected chi connectivity index (χ0v) is 19.9. The van der Waals surface area contributed by atoms with Gasteiger partial charge in [-0.05, 0) is 67.1 Å². The summed E-state index contributed by atoms with van der Waals surface area (Å²) in [6.45, 7) is 1.65. The molecule has 35 heavy (non-hydrogen) atoms. The van der Waals surface area contributed by atoms with E-state index < -0.39 is 17.8 Å². The van der Waals surface area contributed by atoms with E-state index in [4.69, 9.17) is 25.8 Å². The highest BCUT2D eigenvalue weighted by Gasteiger charge is 2.16. The average Bonchev–Trinajstić information content (AvgIpc) is 2.87. The average molecular weight is 496 g/mol. The van der Waals surface area contributed by atoms with Gasteiger partial charge in [0.05, 0.1) is 31.2 Å². The number of hydrogen-bond donors (Lipinski definition) is 2. The molecule has 3 aromatic carbocycles. The Morgan fingerprint density at radius 2 is 1.54 bits per heavy atom. The lowest BCUT2D eigenvalue weighted by atomic mass is 10.1.